The number of rotatable bonds is 4. The van der Waals surface area contributed by atoms with Gasteiger partial charge in [0.25, 0.3) is 0 Å². The molecule has 1 rings (SSSR count). The molecule has 104 valence electrons. The van der Waals surface area contributed by atoms with E-state index < -0.39 is 11.9 Å². The van der Waals surface area contributed by atoms with Crippen LogP contribution in [0.5, 0.6) is 0 Å². The first-order valence-electron chi connectivity index (χ1n) is 5.59. The van der Waals surface area contributed by atoms with E-state index in [2.05, 4.69) is 5.32 Å². The number of hydrogen-bond donors (Lipinski definition) is 2. The molecule has 0 aliphatic rings. The lowest BCUT2D eigenvalue weighted by molar-refractivity contribution is -0.114. The number of esters is 1. The van der Waals surface area contributed by atoms with Gasteiger partial charge in [0.15, 0.2) is 0 Å². The fourth-order valence-corrected chi connectivity index (χ4v) is 2.56. The second-order valence-electron chi connectivity index (χ2n) is 4.20. The number of aromatic carboxylic acids is 1. The number of ether oxygens (including phenoxy) is 1. The third-order valence-electron chi connectivity index (χ3n) is 2.18. The van der Waals surface area contributed by atoms with Crippen LogP contribution in [-0.4, -0.2) is 29.1 Å². The summed E-state index contributed by atoms with van der Waals surface area (Å²) in [6.45, 7) is 6.18. The van der Waals surface area contributed by atoms with Gasteiger partial charge in [-0.15, -0.1) is 11.3 Å². The van der Waals surface area contributed by atoms with E-state index in [9.17, 15) is 14.4 Å². The molecular formula is C12H15NO5S. The summed E-state index contributed by atoms with van der Waals surface area (Å²) in [5.41, 5.74) is 0.401. The molecule has 1 aromatic heterocycles. The quantitative estimate of drug-likeness (QED) is 0.828. The largest absolute Gasteiger partial charge is 0.477 e. The zero-order valence-electron chi connectivity index (χ0n) is 11.1. The van der Waals surface area contributed by atoms with Gasteiger partial charge in [-0.1, -0.05) is 0 Å². The van der Waals surface area contributed by atoms with Crippen molar-refractivity contribution >= 4 is 34.2 Å². The van der Waals surface area contributed by atoms with E-state index in [0.717, 1.165) is 11.3 Å². The molecule has 19 heavy (non-hydrogen) atoms. The molecule has 0 spiro atoms. The first-order valence-corrected chi connectivity index (χ1v) is 6.41. The third-order valence-corrected chi connectivity index (χ3v) is 3.37. The molecule has 0 unspecified atom stereocenters. The predicted octanol–water partition coefficient (Wildman–Crippen LogP) is 2.28. The lowest BCUT2D eigenvalue weighted by Crippen LogP contribution is -2.15. The van der Waals surface area contributed by atoms with Crippen LogP contribution in [0.2, 0.25) is 0 Å². The normalized spacial score (nSPS) is 10.4. The highest BCUT2D eigenvalue weighted by Crippen LogP contribution is 2.33. The summed E-state index contributed by atoms with van der Waals surface area (Å²) in [5.74, 6) is -2.16. The van der Waals surface area contributed by atoms with Crippen LogP contribution in [0.15, 0.2) is 0 Å². The summed E-state index contributed by atoms with van der Waals surface area (Å²) in [6, 6.07) is 0. The Bertz CT molecular complexity index is 532. The second-order valence-corrected chi connectivity index (χ2v) is 5.22. The summed E-state index contributed by atoms with van der Waals surface area (Å²) >= 11 is 0.846. The molecule has 0 aliphatic heterocycles. The summed E-state index contributed by atoms with van der Waals surface area (Å²) in [4.78, 5) is 34.1. The van der Waals surface area contributed by atoms with E-state index in [0.29, 0.717) is 5.56 Å². The van der Waals surface area contributed by atoms with Crippen molar-refractivity contribution < 1.29 is 24.2 Å². The van der Waals surface area contributed by atoms with Crippen molar-refractivity contribution in [2.45, 2.75) is 33.8 Å². The number of carboxylic acid groups (broad SMARTS) is 1. The Balaban J connectivity index is 3.29. The molecule has 1 amide bonds. The molecular weight excluding hydrogens is 270 g/mol. The molecule has 0 saturated heterocycles. The fraction of sp³-hybridized carbons (Fsp3) is 0.417. The average Bonchev–Trinajstić information content (AvgIpc) is 2.53. The van der Waals surface area contributed by atoms with Gasteiger partial charge in [0.05, 0.1) is 11.7 Å². The molecule has 1 aromatic rings. The van der Waals surface area contributed by atoms with E-state index in [4.69, 9.17) is 9.84 Å². The zero-order valence-corrected chi connectivity index (χ0v) is 11.9. The highest BCUT2D eigenvalue weighted by molar-refractivity contribution is 7.18. The predicted molar refractivity (Wildman–Crippen MR) is 70.9 cm³/mol. The Morgan fingerprint density at radius 2 is 1.89 bits per heavy atom. The van der Waals surface area contributed by atoms with Crippen molar-refractivity contribution in [3.05, 3.63) is 16.0 Å². The molecule has 0 bridgehead atoms. The smallest absolute Gasteiger partial charge is 0.346 e. The molecule has 6 nitrogen and oxygen atoms in total. The summed E-state index contributed by atoms with van der Waals surface area (Å²) in [5, 5.41) is 11.7. The number of carbonyl (C=O) groups is 3. The monoisotopic (exact) mass is 285 g/mol. The Morgan fingerprint density at radius 3 is 2.32 bits per heavy atom. The lowest BCUT2D eigenvalue weighted by atomic mass is 10.1. The molecule has 7 heteroatoms. The topological polar surface area (TPSA) is 92.7 Å². The van der Waals surface area contributed by atoms with Gasteiger partial charge >= 0.3 is 11.9 Å². The maximum Gasteiger partial charge on any atom is 0.346 e. The molecule has 0 atom stereocenters. The van der Waals surface area contributed by atoms with Crippen LogP contribution in [0.1, 0.15) is 46.4 Å². The van der Waals surface area contributed by atoms with Gasteiger partial charge in [-0.25, -0.2) is 9.59 Å². The number of nitrogens with one attached hydrogen (secondary N) is 1. The van der Waals surface area contributed by atoms with Crippen molar-refractivity contribution in [2.24, 2.45) is 0 Å². The van der Waals surface area contributed by atoms with E-state index in [1.807, 2.05) is 0 Å². The van der Waals surface area contributed by atoms with Gasteiger partial charge in [0, 0.05) is 6.92 Å². The Hall–Kier alpha value is -1.89. The van der Waals surface area contributed by atoms with Crippen LogP contribution in [-0.2, 0) is 9.53 Å². The van der Waals surface area contributed by atoms with Crippen molar-refractivity contribution in [3.63, 3.8) is 0 Å². The van der Waals surface area contributed by atoms with Gasteiger partial charge in [-0.2, -0.15) is 0 Å². The minimum atomic E-state index is -1.14. The SMILES string of the molecule is CC(=O)Nc1sc(C(=O)O)c(C)c1C(=O)OC(C)C. The van der Waals surface area contributed by atoms with Crippen LogP contribution < -0.4 is 5.32 Å². The minimum absolute atomic E-state index is 0.0134. The third kappa shape index (κ3) is 3.54. The van der Waals surface area contributed by atoms with Crippen LogP contribution in [0.4, 0.5) is 5.00 Å². The van der Waals surface area contributed by atoms with Gasteiger partial charge in [-0.05, 0) is 26.3 Å². The Morgan fingerprint density at radius 1 is 1.32 bits per heavy atom. The van der Waals surface area contributed by atoms with Crippen molar-refractivity contribution in [2.75, 3.05) is 5.32 Å². The maximum atomic E-state index is 12.0. The number of carbonyl (C=O) groups excluding carboxylic acids is 2. The van der Waals surface area contributed by atoms with E-state index in [-0.39, 0.29) is 27.5 Å². The fourth-order valence-electron chi connectivity index (χ4n) is 1.48. The van der Waals surface area contributed by atoms with E-state index in [1.54, 1.807) is 13.8 Å². The van der Waals surface area contributed by atoms with E-state index >= 15 is 0 Å². The van der Waals surface area contributed by atoms with Gasteiger partial charge in [0.2, 0.25) is 5.91 Å². The Labute approximate surface area is 114 Å². The molecule has 0 radical (unpaired) electrons. The molecule has 0 aliphatic carbocycles. The van der Waals surface area contributed by atoms with Crippen LogP contribution >= 0.6 is 11.3 Å². The van der Waals surface area contributed by atoms with Gasteiger partial charge < -0.3 is 15.2 Å². The van der Waals surface area contributed by atoms with Gasteiger partial charge in [0.1, 0.15) is 9.88 Å². The zero-order chi connectivity index (χ0) is 14.7. The molecule has 1 heterocycles. The number of hydrogen-bond acceptors (Lipinski definition) is 5. The Kier molecular flexibility index (Phi) is 4.66. The lowest BCUT2D eigenvalue weighted by Gasteiger charge is -2.09. The average molecular weight is 285 g/mol. The van der Waals surface area contributed by atoms with Crippen LogP contribution in [0.3, 0.4) is 0 Å². The molecule has 0 fully saturated rings. The standard InChI is InChI=1S/C12H15NO5S/c1-5(2)18-12(17)8-6(3)9(11(15)16)19-10(8)13-7(4)14/h5H,1-4H3,(H,13,14)(H,15,16). The number of carboxylic acids is 1. The highest BCUT2D eigenvalue weighted by Gasteiger charge is 2.26. The minimum Gasteiger partial charge on any atom is -0.477 e. The summed E-state index contributed by atoms with van der Waals surface area (Å²) in [6.07, 6.45) is -0.328. The van der Waals surface area contributed by atoms with Gasteiger partial charge in [-0.3, -0.25) is 4.79 Å². The van der Waals surface area contributed by atoms with Crippen molar-refractivity contribution in [1.82, 2.24) is 0 Å². The molecule has 0 aromatic carbocycles. The molecule has 0 saturated carbocycles. The maximum absolute atomic E-state index is 12.0. The number of anilines is 1. The van der Waals surface area contributed by atoms with E-state index in [1.165, 1.54) is 13.8 Å². The molecule has 2 N–H and O–H groups in total. The first kappa shape index (κ1) is 15.2. The second kappa shape index (κ2) is 5.83. The number of amides is 1. The first-order chi connectivity index (χ1) is 8.73. The number of thiophene rings is 1. The van der Waals surface area contributed by atoms with Crippen LogP contribution in [0, 0.1) is 6.92 Å². The van der Waals surface area contributed by atoms with Crippen molar-refractivity contribution in [3.8, 4) is 0 Å². The van der Waals surface area contributed by atoms with Crippen LogP contribution in [0.25, 0.3) is 0 Å². The summed E-state index contributed by atoms with van der Waals surface area (Å²) < 4.78 is 5.06. The highest BCUT2D eigenvalue weighted by atomic mass is 32.1. The summed E-state index contributed by atoms with van der Waals surface area (Å²) in [7, 11) is 0. The van der Waals surface area contributed by atoms with Crippen molar-refractivity contribution in [1.29, 1.82) is 0 Å².